The summed E-state index contributed by atoms with van der Waals surface area (Å²) < 4.78 is 25.7. The van der Waals surface area contributed by atoms with Crippen LogP contribution >= 0.6 is 0 Å². The summed E-state index contributed by atoms with van der Waals surface area (Å²) in [5.41, 5.74) is 0. The normalized spacial score (nSPS) is 17.1. The fraction of sp³-hybridized carbons (Fsp3) is 0.500. The smallest absolute Gasteiger partial charge is 0.246 e. The molecule has 1 N–H and O–H groups in total. The minimum Gasteiger partial charge on any atom is -0.507 e. The summed E-state index contributed by atoms with van der Waals surface area (Å²) in [6.07, 6.45) is 3.39. The average Bonchev–Trinajstić information content (AvgIpc) is 2.23. The van der Waals surface area contributed by atoms with Gasteiger partial charge in [-0.25, -0.2) is 12.7 Å². The molecule has 0 unspecified atom stereocenters. The van der Waals surface area contributed by atoms with Gasteiger partial charge >= 0.3 is 0 Å². The molecule has 1 aliphatic carbocycles. The van der Waals surface area contributed by atoms with Crippen LogP contribution in [0.25, 0.3) is 0 Å². The number of phenolic OH excluding ortho intramolecular Hbond substituents is 1. The SMILES string of the molecule is CN(CC1CCC1)S(=O)(=O)c1ccccc1O. The number of benzene rings is 1. The third-order valence-corrected chi connectivity index (χ3v) is 5.16. The van der Waals surface area contributed by atoms with Gasteiger partial charge in [-0.15, -0.1) is 0 Å². The number of aromatic hydroxyl groups is 1. The summed E-state index contributed by atoms with van der Waals surface area (Å²) >= 11 is 0. The highest BCUT2D eigenvalue weighted by molar-refractivity contribution is 7.89. The Hall–Kier alpha value is -1.07. The van der Waals surface area contributed by atoms with Crippen LogP contribution in [0.3, 0.4) is 0 Å². The van der Waals surface area contributed by atoms with Crippen molar-refractivity contribution < 1.29 is 13.5 Å². The van der Waals surface area contributed by atoms with Gasteiger partial charge in [0, 0.05) is 13.6 Å². The van der Waals surface area contributed by atoms with Crippen LogP contribution in [0.2, 0.25) is 0 Å². The maximum absolute atomic E-state index is 12.2. The summed E-state index contributed by atoms with van der Waals surface area (Å²) in [7, 11) is -1.99. The zero-order chi connectivity index (χ0) is 12.5. The van der Waals surface area contributed by atoms with Crippen molar-refractivity contribution in [2.24, 2.45) is 5.92 Å². The molecule has 0 spiro atoms. The highest BCUT2D eigenvalue weighted by Crippen LogP contribution is 2.30. The third-order valence-electron chi connectivity index (χ3n) is 3.29. The highest BCUT2D eigenvalue weighted by atomic mass is 32.2. The number of hydrogen-bond acceptors (Lipinski definition) is 3. The van der Waals surface area contributed by atoms with Gasteiger partial charge in [0.15, 0.2) is 0 Å². The Bertz CT molecular complexity index is 494. The summed E-state index contributed by atoms with van der Waals surface area (Å²) in [5, 5.41) is 9.59. The van der Waals surface area contributed by atoms with Crippen molar-refractivity contribution in [2.75, 3.05) is 13.6 Å². The molecule has 0 amide bonds. The summed E-state index contributed by atoms with van der Waals surface area (Å²) in [6.45, 7) is 0.538. The molecule has 1 aromatic rings. The summed E-state index contributed by atoms with van der Waals surface area (Å²) in [4.78, 5) is -0.0122. The van der Waals surface area contributed by atoms with Crippen molar-refractivity contribution in [3.8, 4) is 5.75 Å². The van der Waals surface area contributed by atoms with Gasteiger partial charge in [-0.3, -0.25) is 0 Å². The van der Waals surface area contributed by atoms with Gasteiger partial charge < -0.3 is 5.11 Å². The van der Waals surface area contributed by atoms with Crippen LogP contribution in [0, 0.1) is 5.92 Å². The maximum atomic E-state index is 12.2. The van der Waals surface area contributed by atoms with E-state index in [1.807, 2.05) is 0 Å². The molecule has 0 atom stereocenters. The van der Waals surface area contributed by atoms with E-state index in [4.69, 9.17) is 0 Å². The van der Waals surface area contributed by atoms with E-state index in [0.29, 0.717) is 12.5 Å². The fourth-order valence-electron chi connectivity index (χ4n) is 1.98. The number of rotatable bonds is 4. The van der Waals surface area contributed by atoms with Crippen LogP contribution in [0.15, 0.2) is 29.2 Å². The van der Waals surface area contributed by atoms with Crippen LogP contribution < -0.4 is 0 Å². The van der Waals surface area contributed by atoms with E-state index in [2.05, 4.69) is 0 Å². The number of hydrogen-bond donors (Lipinski definition) is 1. The molecule has 17 heavy (non-hydrogen) atoms. The second-order valence-electron chi connectivity index (χ2n) is 4.55. The topological polar surface area (TPSA) is 57.6 Å². The van der Waals surface area contributed by atoms with E-state index in [9.17, 15) is 13.5 Å². The molecule has 0 bridgehead atoms. The zero-order valence-electron chi connectivity index (χ0n) is 9.83. The van der Waals surface area contributed by atoms with Crippen molar-refractivity contribution in [1.29, 1.82) is 0 Å². The van der Waals surface area contributed by atoms with Crippen molar-refractivity contribution in [2.45, 2.75) is 24.2 Å². The Morgan fingerprint density at radius 2 is 2.00 bits per heavy atom. The van der Waals surface area contributed by atoms with Crippen molar-refractivity contribution >= 4 is 10.0 Å². The molecular formula is C12H17NO3S. The zero-order valence-corrected chi connectivity index (χ0v) is 10.7. The van der Waals surface area contributed by atoms with E-state index < -0.39 is 10.0 Å². The highest BCUT2D eigenvalue weighted by Gasteiger charge is 2.28. The Kier molecular flexibility index (Phi) is 3.40. The quantitative estimate of drug-likeness (QED) is 0.892. The van der Waals surface area contributed by atoms with E-state index in [1.165, 1.54) is 22.9 Å². The maximum Gasteiger partial charge on any atom is 0.246 e. The van der Waals surface area contributed by atoms with E-state index >= 15 is 0 Å². The van der Waals surface area contributed by atoms with Gasteiger partial charge in [0.2, 0.25) is 10.0 Å². The predicted molar refractivity (Wildman–Crippen MR) is 65.3 cm³/mol. The molecule has 0 aromatic heterocycles. The first-order valence-corrected chi connectivity index (χ1v) is 7.20. The third kappa shape index (κ3) is 2.45. The van der Waals surface area contributed by atoms with E-state index in [1.54, 1.807) is 19.2 Å². The predicted octanol–water partition coefficient (Wildman–Crippen LogP) is 1.81. The molecule has 4 nitrogen and oxygen atoms in total. The lowest BCUT2D eigenvalue weighted by Crippen LogP contribution is -2.34. The molecule has 1 aliphatic rings. The Morgan fingerprint density at radius 3 is 2.53 bits per heavy atom. The summed E-state index contributed by atoms with van der Waals surface area (Å²) in [5.74, 6) is 0.286. The molecule has 1 saturated carbocycles. The van der Waals surface area contributed by atoms with Gasteiger partial charge in [0.25, 0.3) is 0 Å². The molecular weight excluding hydrogens is 238 g/mol. The van der Waals surface area contributed by atoms with Gasteiger partial charge in [0.05, 0.1) is 0 Å². The van der Waals surface area contributed by atoms with Crippen LogP contribution in [-0.4, -0.2) is 31.4 Å². The molecule has 0 saturated heterocycles. The van der Waals surface area contributed by atoms with E-state index in [0.717, 1.165) is 12.8 Å². The summed E-state index contributed by atoms with van der Waals surface area (Å²) in [6, 6.07) is 6.05. The van der Waals surface area contributed by atoms with Gasteiger partial charge in [-0.2, -0.15) is 0 Å². The van der Waals surface area contributed by atoms with Crippen molar-refractivity contribution in [1.82, 2.24) is 4.31 Å². The second-order valence-corrected chi connectivity index (χ2v) is 6.56. The second kappa shape index (κ2) is 4.66. The van der Waals surface area contributed by atoms with Crippen LogP contribution in [0.1, 0.15) is 19.3 Å². The Balaban J connectivity index is 2.20. The van der Waals surface area contributed by atoms with Crippen LogP contribution in [0.5, 0.6) is 5.75 Å². The first kappa shape index (κ1) is 12.4. The first-order valence-electron chi connectivity index (χ1n) is 5.76. The van der Waals surface area contributed by atoms with Crippen LogP contribution in [0.4, 0.5) is 0 Å². The lowest BCUT2D eigenvalue weighted by molar-refractivity contribution is 0.262. The molecule has 0 radical (unpaired) electrons. The molecule has 0 aliphatic heterocycles. The minimum absolute atomic E-state index is 0.0122. The van der Waals surface area contributed by atoms with Gasteiger partial charge in [-0.05, 0) is 30.9 Å². The van der Waals surface area contributed by atoms with Gasteiger partial charge in [-0.1, -0.05) is 18.6 Å². The average molecular weight is 255 g/mol. The molecule has 1 fully saturated rings. The standard InChI is InChI=1S/C12H17NO3S/c1-13(9-10-5-4-6-10)17(15,16)12-8-3-2-7-11(12)14/h2-3,7-8,10,14H,4-6,9H2,1H3. The van der Waals surface area contributed by atoms with Gasteiger partial charge in [0.1, 0.15) is 10.6 Å². The molecule has 5 heteroatoms. The first-order chi connectivity index (χ1) is 8.01. The van der Waals surface area contributed by atoms with E-state index in [-0.39, 0.29) is 10.6 Å². The molecule has 1 aromatic carbocycles. The van der Waals surface area contributed by atoms with Crippen molar-refractivity contribution in [3.63, 3.8) is 0 Å². The lowest BCUT2D eigenvalue weighted by atomic mass is 9.86. The van der Waals surface area contributed by atoms with Crippen LogP contribution in [-0.2, 0) is 10.0 Å². The number of nitrogens with zero attached hydrogens (tertiary/aromatic N) is 1. The molecule has 94 valence electrons. The van der Waals surface area contributed by atoms with Crippen molar-refractivity contribution in [3.05, 3.63) is 24.3 Å². The largest absolute Gasteiger partial charge is 0.507 e. The number of sulfonamides is 1. The Labute approximate surface area is 102 Å². The fourth-order valence-corrected chi connectivity index (χ4v) is 3.31. The monoisotopic (exact) mass is 255 g/mol. The lowest BCUT2D eigenvalue weighted by Gasteiger charge is -2.29. The molecule has 0 heterocycles. The number of para-hydroxylation sites is 1. The Morgan fingerprint density at radius 1 is 1.35 bits per heavy atom. The molecule has 2 rings (SSSR count). The number of phenols is 1. The minimum atomic E-state index is -3.56.